The van der Waals surface area contributed by atoms with Gasteiger partial charge in [-0.3, -0.25) is 4.79 Å². The Morgan fingerprint density at radius 2 is 1.83 bits per heavy atom. The molecular formula is C18H19F2NO3. The number of halogens is 2. The summed E-state index contributed by atoms with van der Waals surface area (Å²) in [5.74, 6) is -1.41. The van der Waals surface area contributed by atoms with Crippen LogP contribution in [0, 0.1) is 11.6 Å². The maximum atomic E-state index is 13.1. The zero-order valence-electron chi connectivity index (χ0n) is 13.2. The summed E-state index contributed by atoms with van der Waals surface area (Å²) < 4.78 is 26.0. The minimum Gasteiger partial charge on any atom is -0.388 e. The van der Waals surface area contributed by atoms with Crippen molar-refractivity contribution in [1.29, 1.82) is 0 Å². The predicted octanol–water partition coefficient (Wildman–Crippen LogP) is 2.41. The fourth-order valence-corrected chi connectivity index (χ4v) is 2.26. The van der Waals surface area contributed by atoms with Gasteiger partial charge >= 0.3 is 0 Å². The van der Waals surface area contributed by atoms with Gasteiger partial charge in [0.1, 0.15) is 17.2 Å². The van der Waals surface area contributed by atoms with E-state index in [1.54, 1.807) is 0 Å². The Morgan fingerprint density at radius 3 is 2.46 bits per heavy atom. The molecule has 0 aliphatic rings. The average Bonchev–Trinajstić information content (AvgIpc) is 2.53. The summed E-state index contributed by atoms with van der Waals surface area (Å²) >= 11 is 0. The van der Waals surface area contributed by atoms with E-state index in [1.807, 2.05) is 0 Å². The Bertz CT molecular complexity index is 702. The Kier molecular flexibility index (Phi) is 5.64. The first-order chi connectivity index (χ1) is 11.3. The molecule has 2 aromatic carbocycles. The fraction of sp³-hybridized carbons (Fsp3) is 0.278. The first-order valence-corrected chi connectivity index (χ1v) is 7.46. The molecule has 0 aromatic heterocycles. The lowest BCUT2D eigenvalue weighted by atomic mass is 9.96. The van der Waals surface area contributed by atoms with Crippen LogP contribution in [0.4, 0.5) is 8.78 Å². The molecule has 0 aliphatic carbocycles. The van der Waals surface area contributed by atoms with Crippen LogP contribution in [0.2, 0.25) is 0 Å². The highest BCUT2D eigenvalue weighted by Crippen LogP contribution is 2.21. The molecule has 0 aliphatic heterocycles. The number of hydrogen-bond donors (Lipinski definition) is 3. The Hall–Kier alpha value is -2.31. The van der Waals surface area contributed by atoms with Gasteiger partial charge in [0.2, 0.25) is 5.91 Å². The first kappa shape index (κ1) is 18.0. The number of benzene rings is 2. The lowest BCUT2D eigenvalue weighted by Crippen LogP contribution is -2.39. The standard InChI is InChI=1S/C18H19F2NO3/c1-18(24,13-5-7-14(19)8-6-13)11-21-17(23)10-16(22)12-3-2-4-15(20)9-12/h2-9,16,22,24H,10-11H2,1H3,(H,21,23). The number of rotatable bonds is 6. The SMILES string of the molecule is CC(O)(CNC(=O)CC(O)c1cccc(F)c1)c1ccc(F)cc1. The summed E-state index contributed by atoms with van der Waals surface area (Å²) in [5, 5.41) is 22.8. The Balaban J connectivity index is 1.91. The fourth-order valence-electron chi connectivity index (χ4n) is 2.26. The molecule has 0 heterocycles. The summed E-state index contributed by atoms with van der Waals surface area (Å²) in [7, 11) is 0. The lowest BCUT2D eigenvalue weighted by molar-refractivity contribution is -0.124. The Morgan fingerprint density at radius 1 is 1.17 bits per heavy atom. The molecule has 128 valence electrons. The van der Waals surface area contributed by atoms with Crippen molar-refractivity contribution in [3.05, 3.63) is 71.3 Å². The van der Waals surface area contributed by atoms with Crippen molar-refractivity contribution in [3.63, 3.8) is 0 Å². The topological polar surface area (TPSA) is 69.6 Å². The highest BCUT2D eigenvalue weighted by Gasteiger charge is 2.24. The number of aliphatic hydroxyl groups excluding tert-OH is 1. The van der Waals surface area contributed by atoms with Crippen LogP contribution in [0.25, 0.3) is 0 Å². The van der Waals surface area contributed by atoms with E-state index >= 15 is 0 Å². The van der Waals surface area contributed by atoms with E-state index in [1.165, 1.54) is 49.4 Å². The van der Waals surface area contributed by atoms with Gasteiger partial charge in [-0.2, -0.15) is 0 Å². The largest absolute Gasteiger partial charge is 0.388 e. The number of hydrogen-bond acceptors (Lipinski definition) is 3. The van der Waals surface area contributed by atoms with Crippen molar-refractivity contribution in [3.8, 4) is 0 Å². The molecule has 6 heteroatoms. The number of carbonyl (C=O) groups excluding carboxylic acids is 1. The van der Waals surface area contributed by atoms with Crippen LogP contribution in [0.1, 0.15) is 30.6 Å². The number of carbonyl (C=O) groups is 1. The minimum absolute atomic E-state index is 0.104. The van der Waals surface area contributed by atoms with Crippen LogP contribution in [0.15, 0.2) is 48.5 Å². The maximum Gasteiger partial charge on any atom is 0.223 e. The molecule has 2 unspecified atom stereocenters. The maximum absolute atomic E-state index is 13.1. The van der Waals surface area contributed by atoms with E-state index in [9.17, 15) is 23.8 Å². The van der Waals surface area contributed by atoms with E-state index in [4.69, 9.17) is 0 Å². The third-order valence-electron chi connectivity index (χ3n) is 3.71. The smallest absolute Gasteiger partial charge is 0.223 e. The average molecular weight is 335 g/mol. The molecule has 0 fully saturated rings. The van der Waals surface area contributed by atoms with Crippen molar-refractivity contribution >= 4 is 5.91 Å². The molecule has 0 radical (unpaired) electrons. The first-order valence-electron chi connectivity index (χ1n) is 7.46. The highest BCUT2D eigenvalue weighted by atomic mass is 19.1. The highest BCUT2D eigenvalue weighted by molar-refractivity contribution is 5.76. The molecule has 2 atom stereocenters. The number of nitrogens with one attached hydrogen (secondary N) is 1. The molecule has 0 bridgehead atoms. The van der Waals surface area contributed by atoms with Gasteiger partial charge in [-0.1, -0.05) is 24.3 Å². The zero-order valence-corrected chi connectivity index (χ0v) is 13.2. The lowest BCUT2D eigenvalue weighted by Gasteiger charge is -2.24. The summed E-state index contributed by atoms with van der Waals surface area (Å²) in [6.07, 6.45) is -1.40. The molecular weight excluding hydrogens is 316 g/mol. The van der Waals surface area contributed by atoms with Gasteiger partial charge < -0.3 is 15.5 Å². The van der Waals surface area contributed by atoms with E-state index < -0.39 is 29.2 Å². The van der Waals surface area contributed by atoms with Crippen molar-refractivity contribution < 1.29 is 23.8 Å². The van der Waals surface area contributed by atoms with E-state index in [0.717, 1.165) is 6.07 Å². The normalized spacial score (nSPS) is 14.7. The monoisotopic (exact) mass is 335 g/mol. The van der Waals surface area contributed by atoms with E-state index in [2.05, 4.69) is 5.32 Å². The van der Waals surface area contributed by atoms with Crippen molar-refractivity contribution in [2.45, 2.75) is 25.0 Å². The van der Waals surface area contributed by atoms with Crippen LogP contribution in [-0.4, -0.2) is 22.7 Å². The van der Waals surface area contributed by atoms with Gasteiger partial charge in [-0.05, 0) is 42.3 Å². The van der Waals surface area contributed by atoms with Crippen LogP contribution in [-0.2, 0) is 10.4 Å². The summed E-state index contributed by atoms with van der Waals surface area (Å²) in [5.41, 5.74) is -0.627. The van der Waals surface area contributed by atoms with Gasteiger partial charge in [0.15, 0.2) is 0 Å². The van der Waals surface area contributed by atoms with Crippen LogP contribution >= 0.6 is 0 Å². The summed E-state index contributed by atoms with van der Waals surface area (Å²) in [4.78, 5) is 11.9. The van der Waals surface area contributed by atoms with Gasteiger partial charge in [0.25, 0.3) is 0 Å². The van der Waals surface area contributed by atoms with Gasteiger partial charge in [-0.15, -0.1) is 0 Å². The van der Waals surface area contributed by atoms with Gasteiger partial charge in [-0.25, -0.2) is 8.78 Å². The summed E-state index contributed by atoms with van der Waals surface area (Å²) in [6, 6.07) is 10.7. The van der Waals surface area contributed by atoms with Crippen LogP contribution in [0.5, 0.6) is 0 Å². The van der Waals surface area contributed by atoms with Crippen molar-refractivity contribution in [2.24, 2.45) is 0 Å². The second-order valence-electron chi connectivity index (χ2n) is 5.83. The molecule has 0 spiro atoms. The number of amides is 1. The summed E-state index contributed by atoms with van der Waals surface area (Å²) in [6.45, 7) is 1.39. The van der Waals surface area contributed by atoms with E-state index in [-0.39, 0.29) is 13.0 Å². The molecule has 3 N–H and O–H groups in total. The van der Waals surface area contributed by atoms with Crippen LogP contribution < -0.4 is 5.32 Å². The zero-order chi connectivity index (χ0) is 17.7. The predicted molar refractivity (Wildman–Crippen MR) is 85.0 cm³/mol. The van der Waals surface area contributed by atoms with Crippen molar-refractivity contribution in [1.82, 2.24) is 5.32 Å². The third kappa shape index (κ3) is 4.84. The molecule has 0 saturated heterocycles. The molecule has 2 rings (SSSR count). The van der Waals surface area contributed by atoms with E-state index in [0.29, 0.717) is 11.1 Å². The van der Waals surface area contributed by atoms with Gasteiger partial charge in [0, 0.05) is 0 Å². The van der Waals surface area contributed by atoms with Crippen LogP contribution in [0.3, 0.4) is 0 Å². The van der Waals surface area contributed by atoms with Gasteiger partial charge in [0.05, 0.1) is 19.1 Å². The molecule has 24 heavy (non-hydrogen) atoms. The minimum atomic E-state index is -1.38. The Labute approximate surface area is 138 Å². The molecule has 4 nitrogen and oxygen atoms in total. The van der Waals surface area contributed by atoms with Crippen molar-refractivity contribution in [2.75, 3.05) is 6.54 Å². The molecule has 1 amide bonds. The third-order valence-corrected chi connectivity index (χ3v) is 3.71. The molecule has 2 aromatic rings. The second kappa shape index (κ2) is 7.51. The number of aliphatic hydroxyl groups is 2. The second-order valence-corrected chi connectivity index (χ2v) is 5.83. The quantitative estimate of drug-likeness (QED) is 0.759. The molecule has 0 saturated carbocycles.